The van der Waals surface area contributed by atoms with Gasteiger partial charge in [0.15, 0.2) is 11.7 Å². The zero-order valence-corrected chi connectivity index (χ0v) is 21.7. The first-order valence-corrected chi connectivity index (χ1v) is 12.0. The largest absolute Gasteiger partial charge is 0.507 e. The number of amides is 2. The summed E-state index contributed by atoms with van der Waals surface area (Å²) >= 11 is 0. The van der Waals surface area contributed by atoms with Crippen LogP contribution in [0.1, 0.15) is 38.7 Å². The number of alkyl halides is 1. The monoisotopic (exact) mass is 495 g/mol. The standard InChI is InChI=1S/C26H34FN7O2/c1-25-12-13-26(2,34(25)7)22(27)19(15-25)33(6)21-11-10-18(30-31-21)17-9-8-16(14-20(17)35)23(28-3)29-24(36)32(4)5/h8-11,14,19,22,35H,3,12-13,15H2,1-2,4-7H3/b29-23-/t19-,22-,25-,26+/m0/s1. The lowest BCUT2D eigenvalue weighted by Gasteiger charge is -2.53. The predicted octanol–water partition coefficient (Wildman–Crippen LogP) is 3.77. The van der Waals surface area contributed by atoms with Gasteiger partial charge in [0.2, 0.25) is 0 Å². The Morgan fingerprint density at radius 1 is 1.19 bits per heavy atom. The van der Waals surface area contributed by atoms with E-state index in [9.17, 15) is 9.90 Å². The number of hydrogen-bond acceptors (Lipinski definition) is 6. The van der Waals surface area contributed by atoms with Gasteiger partial charge in [-0.1, -0.05) is 6.07 Å². The molecule has 2 aromatic rings. The molecule has 4 atom stereocenters. The number of benzene rings is 1. The van der Waals surface area contributed by atoms with Gasteiger partial charge in [0, 0.05) is 37.8 Å². The van der Waals surface area contributed by atoms with Crippen LogP contribution >= 0.6 is 0 Å². The van der Waals surface area contributed by atoms with Gasteiger partial charge in [0.1, 0.15) is 11.9 Å². The third-order valence-electron chi connectivity index (χ3n) is 8.10. The zero-order chi connectivity index (χ0) is 26.4. The number of hydrogen-bond donors (Lipinski definition) is 1. The SMILES string of the molecule is C=N/C(=N\C(=O)N(C)C)c1ccc(-c2ccc(N(C)[C@H]3C[C@]4(C)CC[C@](C)([C@H]3F)N4C)nn2)c(O)c1. The minimum absolute atomic E-state index is 0.0449. The van der Waals surface area contributed by atoms with E-state index in [1.807, 2.05) is 25.9 Å². The molecule has 36 heavy (non-hydrogen) atoms. The third kappa shape index (κ3) is 4.23. The van der Waals surface area contributed by atoms with Crippen molar-refractivity contribution >= 4 is 24.4 Å². The van der Waals surface area contributed by atoms with Crippen molar-refractivity contribution in [2.75, 3.05) is 33.1 Å². The molecule has 0 aliphatic carbocycles. The van der Waals surface area contributed by atoms with E-state index in [4.69, 9.17) is 0 Å². The summed E-state index contributed by atoms with van der Waals surface area (Å²) in [7, 11) is 7.06. The van der Waals surface area contributed by atoms with Gasteiger partial charge >= 0.3 is 6.03 Å². The van der Waals surface area contributed by atoms with Crippen molar-refractivity contribution in [2.45, 2.75) is 56.4 Å². The summed E-state index contributed by atoms with van der Waals surface area (Å²) in [6, 6.07) is 7.55. The fourth-order valence-corrected chi connectivity index (χ4v) is 5.43. The van der Waals surface area contributed by atoms with Crippen molar-refractivity contribution < 1.29 is 14.3 Å². The molecule has 3 heterocycles. The second-order valence-corrected chi connectivity index (χ2v) is 10.5. The van der Waals surface area contributed by atoms with Crippen molar-refractivity contribution in [1.29, 1.82) is 0 Å². The smallest absolute Gasteiger partial charge is 0.345 e. The summed E-state index contributed by atoms with van der Waals surface area (Å²) in [5.74, 6) is 0.619. The van der Waals surface area contributed by atoms with Crippen LogP contribution in [0.4, 0.5) is 15.0 Å². The van der Waals surface area contributed by atoms with Gasteiger partial charge in [-0.15, -0.1) is 10.2 Å². The first-order chi connectivity index (χ1) is 16.9. The molecule has 1 aromatic heterocycles. The fraction of sp³-hybridized carbons (Fsp3) is 0.500. The Kier molecular flexibility index (Phi) is 6.59. The van der Waals surface area contributed by atoms with E-state index in [0.29, 0.717) is 29.1 Å². The molecule has 0 unspecified atom stereocenters. The molecule has 0 radical (unpaired) electrons. The molecular weight excluding hydrogens is 461 g/mol. The Labute approximate surface area is 211 Å². The third-order valence-corrected chi connectivity index (χ3v) is 8.10. The molecule has 2 bridgehead atoms. The fourth-order valence-electron chi connectivity index (χ4n) is 5.43. The van der Waals surface area contributed by atoms with Gasteiger partial charge in [-0.3, -0.25) is 4.90 Å². The minimum Gasteiger partial charge on any atom is -0.507 e. The van der Waals surface area contributed by atoms with Gasteiger partial charge in [-0.25, -0.2) is 14.2 Å². The van der Waals surface area contributed by atoms with Gasteiger partial charge < -0.3 is 14.9 Å². The van der Waals surface area contributed by atoms with Crippen LogP contribution in [0.3, 0.4) is 0 Å². The number of rotatable bonds is 4. The Morgan fingerprint density at radius 2 is 1.92 bits per heavy atom. The topological polar surface area (TPSA) is 97.5 Å². The van der Waals surface area contributed by atoms with Crippen LogP contribution in [0.2, 0.25) is 0 Å². The lowest BCUT2D eigenvalue weighted by atomic mass is 9.80. The van der Waals surface area contributed by atoms with Crippen LogP contribution in [-0.2, 0) is 0 Å². The van der Waals surface area contributed by atoms with Gasteiger partial charge in [-0.2, -0.15) is 4.99 Å². The van der Waals surface area contributed by atoms with E-state index in [-0.39, 0.29) is 23.2 Å². The number of phenolic OH excluding ortho intramolecular Hbond substituents is 1. The summed E-state index contributed by atoms with van der Waals surface area (Å²) in [6.07, 6.45) is 1.50. The number of carbonyl (C=O) groups excluding carboxylic acids is 1. The second kappa shape index (κ2) is 9.24. The molecule has 1 aromatic carbocycles. The normalized spacial score (nSPS) is 28.1. The number of aromatic nitrogens is 2. The molecule has 2 fully saturated rings. The molecule has 2 aliphatic rings. The number of anilines is 1. The highest BCUT2D eigenvalue weighted by molar-refractivity contribution is 6.07. The summed E-state index contributed by atoms with van der Waals surface area (Å²) < 4.78 is 15.7. The highest BCUT2D eigenvalue weighted by Crippen LogP contribution is 2.51. The molecule has 0 saturated carbocycles. The number of phenols is 1. The molecule has 192 valence electrons. The first-order valence-electron chi connectivity index (χ1n) is 12.0. The Balaban J connectivity index is 1.56. The Morgan fingerprint density at radius 3 is 2.50 bits per heavy atom. The average molecular weight is 496 g/mol. The number of carbonyl (C=O) groups is 1. The lowest BCUT2D eigenvalue weighted by Crippen LogP contribution is -2.66. The number of amidine groups is 1. The molecule has 4 rings (SSSR count). The maximum Gasteiger partial charge on any atom is 0.345 e. The van der Waals surface area contributed by atoms with Crippen LogP contribution in [0.25, 0.3) is 11.3 Å². The van der Waals surface area contributed by atoms with Gasteiger partial charge in [0.25, 0.3) is 0 Å². The molecule has 1 N–H and O–H groups in total. The summed E-state index contributed by atoms with van der Waals surface area (Å²) in [4.78, 5) is 25.1. The van der Waals surface area contributed by atoms with Gasteiger partial charge in [0.05, 0.1) is 17.3 Å². The molecule has 2 aliphatic heterocycles. The number of piperidine rings is 1. The highest BCUT2D eigenvalue weighted by atomic mass is 19.1. The lowest BCUT2D eigenvalue weighted by molar-refractivity contribution is -0.0359. The molecule has 0 spiro atoms. The van der Waals surface area contributed by atoms with Gasteiger partial charge in [-0.05, 0) is 71.1 Å². The zero-order valence-electron chi connectivity index (χ0n) is 21.7. The molecule has 10 heteroatoms. The van der Waals surface area contributed by atoms with Crippen molar-refractivity contribution in [3.8, 4) is 17.0 Å². The van der Waals surface area contributed by atoms with E-state index in [2.05, 4.69) is 38.7 Å². The van der Waals surface area contributed by atoms with E-state index >= 15 is 4.39 Å². The predicted molar refractivity (Wildman–Crippen MR) is 140 cm³/mol. The van der Waals surface area contributed by atoms with Crippen LogP contribution in [0.15, 0.2) is 40.3 Å². The molecular formula is C26H34FN7O2. The van der Waals surface area contributed by atoms with Crippen molar-refractivity contribution in [1.82, 2.24) is 20.0 Å². The Bertz CT molecular complexity index is 1200. The van der Waals surface area contributed by atoms with Crippen LogP contribution in [-0.4, -0.2) is 95.2 Å². The quantitative estimate of drug-likeness (QED) is 0.512. The molecule has 9 nitrogen and oxygen atoms in total. The van der Waals surface area contributed by atoms with Crippen LogP contribution in [0.5, 0.6) is 5.75 Å². The Hall–Kier alpha value is -3.40. The van der Waals surface area contributed by atoms with Crippen LogP contribution in [0, 0.1) is 0 Å². The number of halogens is 1. The maximum absolute atomic E-state index is 15.7. The van der Waals surface area contributed by atoms with E-state index < -0.39 is 17.7 Å². The van der Waals surface area contributed by atoms with Crippen molar-refractivity contribution in [2.24, 2.45) is 9.98 Å². The molecule has 2 saturated heterocycles. The summed E-state index contributed by atoms with van der Waals surface area (Å²) in [5.41, 5.74) is 0.829. The van der Waals surface area contributed by atoms with Crippen molar-refractivity contribution in [3.05, 3.63) is 35.9 Å². The number of aromatic hydroxyl groups is 1. The average Bonchev–Trinajstić information content (AvgIpc) is 3.03. The van der Waals surface area contributed by atoms with Crippen LogP contribution < -0.4 is 4.90 Å². The van der Waals surface area contributed by atoms with E-state index in [1.165, 1.54) is 11.0 Å². The number of fused-ring (bicyclic) bond motifs is 2. The summed E-state index contributed by atoms with van der Waals surface area (Å²) in [5, 5.41) is 19.3. The number of nitrogens with zero attached hydrogens (tertiary/aromatic N) is 7. The second-order valence-electron chi connectivity index (χ2n) is 10.5. The van der Waals surface area contributed by atoms with E-state index in [0.717, 1.165) is 12.8 Å². The number of urea groups is 1. The minimum atomic E-state index is -1.02. The van der Waals surface area contributed by atoms with Crippen molar-refractivity contribution in [3.63, 3.8) is 0 Å². The summed E-state index contributed by atoms with van der Waals surface area (Å²) in [6.45, 7) is 7.69. The highest BCUT2D eigenvalue weighted by Gasteiger charge is 2.60. The molecule has 2 amide bonds. The first kappa shape index (κ1) is 25.7. The van der Waals surface area contributed by atoms with E-state index in [1.54, 1.807) is 38.4 Å². The maximum atomic E-state index is 15.7. The number of aliphatic imine (C=N–C) groups is 2.